The largest absolute Gasteiger partial charge is 0.463 e. The van der Waals surface area contributed by atoms with Crippen molar-refractivity contribution in [2.24, 2.45) is 5.92 Å². The smallest absolute Gasteiger partial charge is 0.330 e. The highest BCUT2D eigenvalue weighted by Crippen LogP contribution is 2.05. The van der Waals surface area contributed by atoms with Crippen LogP contribution in [-0.4, -0.2) is 80.6 Å². The first-order chi connectivity index (χ1) is 12.1. The Labute approximate surface area is 155 Å². The number of likely N-dealkylation sites (N-methyl/N-ethyl adjacent to an activating group) is 1. The molecule has 1 N–H and O–H groups in total. The number of quaternary nitrogens is 1. The molecular weight excluding hydrogens is 342 g/mol. The van der Waals surface area contributed by atoms with Gasteiger partial charge >= 0.3 is 17.9 Å². The molecule has 0 aromatic rings. The Kier molecular flexibility index (Phi) is 11.5. The zero-order valence-electron chi connectivity index (χ0n) is 16.2. The van der Waals surface area contributed by atoms with Crippen molar-refractivity contribution in [3.63, 3.8) is 0 Å². The average Bonchev–Trinajstić information content (AvgIpc) is 2.58. The van der Waals surface area contributed by atoms with Crippen LogP contribution < -0.4 is 0 Å². The third kappa shape index (κ3) is 11.6. The second-order valence-corrected chi connectivity index (χ2v) is 6.78. The monoisotopic (exact) mass is 374 g/mol. The van der Waals surface area contributed by atoms with Crippen molar-refractivity contribution in [3.05, 3.63) is 12.7 Å². The van der Waals surface area contributed by atoms with E-state index in [4.69, 9.17) is 9.47 Å². The van der Waals surface area contributed by atoms with Gasteiger partial charge in [-0.2, -0.15) is 0 Å². The first kappa shape index (κ1) is 24.1. The summed E-state index contributed by atoms with van der Waals surface area (Å²) in [4.78, 5) is 34.0. The third-order valence-corrected chi connectivity index (χ3v) is 3.81. The number of carbonyl (C=O) groups excluding carboxylic acids is 3. The lowest BCUT2D eigenvalue weighted by atomic mass is 10.1. The van der Waals surface area contributed by atoms with E-state index >= 15 is 0 Å². The average molecular weight is 374 g/mol. The van der Waals surface area contributed by atoms with E-state index in [9.17, 15) is 19.5 Å². The normalized spacial score (nSPS) is 13.4. The zero-order valence-corrected chi connectivity index (χ0v) is 16.2. The summed E-state index contributed by atoms with van der Waals surface area (Å²) in [6.07, 6.45) is 0.800. The molecule has 26 heavy (non-hydrogen) atoms. The lowest BCUT2D eigenvalue weighted by Crippen LogP contribution is -2.48. The SMILES string of the molecule is C=CC(=O)OCCC(=O)OCC(O)C[N+](C)(C)CCOC(=O)C(C)CC. The number of aliphatic hydroxyl groups excluding tert-OH is 1. The first-order valence-electron chi connectivity index (χ1n) is 8.72. The maximum Gasteiger partial charge on any atom is 0.330 e. The summed E-state index contributed by atoms with van der Waals surface area (Å²) >= 11 is 0. The Bertz CT molecular complexity index is 476. The molecule has 0 spiro atoms. The van der Waals surface area contributed by atoms with Crippen LogP contribution >= 0.6 is 0 Å². The number of rotatable bonds is 13. The molecule has 2 unspecified atom stereocenters. The lowest BCUT2D eigenvalue weighted by molar-refractivity contribution is -0.893. The molecular formula is C18H32NO7+. The van der Waals surface area contributed by atoms with E-state index < -0.39 is 18.0 Å². The molecule has 0 amide bonds. The maximum atomic E-state index is 11.6. The minimum atomic E-state index is -0.852. The number of ether oxygens (including phenoxy) is 3. The van der Waals surface area contributed by atoms with Crippen molar-refractivity contribution in [3.8, 4) is 0 Å². The summed E-state index contributed by atoms with van der Waals surface area (Å²) in [5.74, 6) is -1.51. The zero-order chi connectivity index (χ0) is 20.2. The van der Waals surface area contributed by atoms with Gasteiger partial charge in [0.25, 0.3) is 0 Å². The summed E-state index contributed by atoms with van der Waals surface area (Å²) in [7, 11) is 3.77. The second-order valence-electron chi connectivity index (χ2n) is 6.78. The van der Waals surface area contributed by atoms with Gasteiger partial charge in [-0.1, -0.05) is 20.4 Å². The van der Waals surface area contributed by atoms with Crippen LogP contribution in [0.4, 0.5) is 0 Å². The quantitative estimate of drug-likeness (QED) is 0.219. The molecule has 0 aliphatic carbocycles. The standard InChI is InChI=1S/C18H32NO7/c1-6-14(3)18(23)25-11-9-19(4,5)12-15(20)13-26-17(22)8-10-24-16(21)7-2/h7,14-15,20H,2,6,8-13H2,1,3-5H3/q+1. The van der Waals surface area contributed by atoms with Crippen LogP contribution in [0.25, 0.3) is 0 Å². The van der Waals surface area contributed by atoms with Gasteiger partial charge in [-0.3, -0.25) is 9.59 Å². The molecule has 0 saturated heterocycles. The Hall–Kier alpha value is -1.93. The van der Waals surface area contributed by atoms with Crippen LogP contribution in [0.3, 0.4) is 0 Å². The number of hydrogen-bond donors (Lipinski definition) is 1. The van der Waals surface area contributed by atoms with Crippen molar-refractivity contribution < 1.29 is 38.2 Å². The molecule has 0 heterocycles. The van der Waals surface area contributed by atoms with Gasteiger partial charge in [0.1, 0.15) is 39.0 Å². The highest BCUT2D eigenvalue weighted by atomic mass is 16.6. The van der Waals surface area contributed by atoms with E-state index in [1.807, 2.05) is 27.9 Å². The molecule has 2 atom stereocenters. The Balaban J connectivity index is 4.02. The molecule has 0 aromatic heterocycles. The van der Waals surface area contributed by atoms with Crippen molar-refractivity contribution in [1.29, 1.82) is 0 Å². The van der Waals surface area contributed by atoms with Gasteiger partial charge in [-0.15, -0.1) is 0 Å². The molecule has 0 aliphatic rings. The van der Waals surface area contributed by atoms with Gasteiger partial charge in [0.2, 0.25) is 0 Å². The number of carbonyl (C=O) groups is 3. The molecule has 150 valence electrons. The van der Waals surface area contributed by atoms with Crippen molar-refractivity contribution in [2.75, 3.05) is 47.0 Å². The van der Waals surface area contributed by atoms with Crippen molar-refractivity contribution >= 4 is 17.9 Å². The molecule has 0 saturated carbocycles. The molecule has 8 heteroatoms. The van der Waals surface area contributed by atoms with Gasteiger partial charge in [-0.25, -0.2) is 4.79 Å². The van der Waals surface area contributed by atoms with Crippen molar-refractivity contribution in [1.82, 2.24) is 0 Å². The van der Waals surface area contributed by atoms with Crippen LogP contribution in [-0.2, 0) is 28.6 Å². The molecule has 0 fully saturated rings. The van der Waals surface area contributed by atoms with Crippen molar-refractivity contribution in [2.45, 2.75) is 32.8 Å². The fraction of sp³-hybridized carbons (Fsp3) is 0.722. The Morgan fingerprint density at radius 2 is 1.81 bits per heavy atom. The van der Waals surface area contributed by atoms with Crippen LogP contribution in [0, 0.1) is 5.92 Å². The van der Waals surface area contributed by atoms with Gasteiger partial charge < -0.3 is 23.8 Å². The third-order valence-electron chi connectivity index (χ3n) is 3.81. The number of nitrogens with zero attached hydrogens (tertiary/aromatic N) is 1. The minimum absolute atomic E-state index is 0.0872. The minimum Gasteiger partial charge on any atom is -0.463 e. The summed E-state index contributed by atoms with van der Waals surface area (Å²) in [6.45, 7) is 7.87. The molecule has 0 aromatic carbocycles. The van der Waals surface area contributed by atoms with E-state index in [1.54, 1.807) is 0 Å². The molecule has 0 radical (unpaired) electrons. The van der Waals surface area contributed by atoms with Gasteiger partial charge in [0.15, 0.2) is 0 Å². The van der Waals surface area contributed by atoms with E-state index in [1.165, 1.54) is 0 Å². The van der Waals surface area contributed by atoms with Crippen LogP contribution in [0.15, 0.2) is 12.7 Å². The number of hydrogen-bond acceptors (Lipinski definition) is 7. The highest BCUT2D eigenvalue weighted by Gasteiger charge is 2.23. The van der Waals surface area contributed by atoms with Gasteiger partial charge in [0.05, 0.1) is 26.4 Å². The van der Waals surface area contributed by atoms with E-state index in [0.29, 0.717) is 17.6 Å². The number of aliphatic hydroxyl groups is 1. The highest BCUT2D eigenvalue weighted by molar-refractivity contribution is 5.81. The van der Waals surface area contributed by atoms with Crippen LogP contribution in [0.2, 0.25) is 0 Å². The van der Waals surface area contributed by atoms with Crippen LogP contribution in [0.5, 0.6) is 0 Å². The first-order valence-corrected chi connectivity index (χ1v) is 8.72. The molecule has 0 aliphatic heterocycles. The maximum absolute atomic E-state index is 11.6. The molecule has 8 nitrogen and oxygen atoms in total. The Morgan fingerprint density at radius 3 is 2.38 bits per heavy atom. The fourth-order valence-electron chi connectivity index (χ4n) is 1.97. The second kappa shape index (κ2) is 12.4. The summed E-state index contributed by atoms with van der Waals surface area (Å²) < 4.78 is 15.2. The van der Waals surface area contributed by atoms with Crippen LogP contribution in [0.1, 0.15) is 26.7 Å². The fourth-order valence-corrected chi connectivity index (χ4v) is 1.97. The molecule has 0 rings (SSSR count). The Morgan fingerprint density at radius 1 is 1.15 bits per heavy atom. The predicted octanol–water partition coefficient (Wildman–Crippen LogP) is 0.676. The molecule has 0 bridgehead atoms. The summed E-state index contributed by atoms with van der Waals surface area (Å²) in [6, 6.07) is 0. The predicted molar refractivity (Wildman–Crippen MR) is 95.0 cm³/mol. The van der Waals surface area contributed by atoms with E-state index in [0.717, 1.165) is 12.5 Å². The number of esters is 3. The van der Waals surface area contributed by atoms with E-state index in [-0.39, 0.29) is 38.1 Å². The van der Waals surface area contributed by atoms with E-state index in [2.05, 4.69) is 11.3 Å². The summed E-state index contributed by atoms with van der Waals surface area (Å²) in [5.41, 5.74) is 0. The van der Waals surface area contributed by atoms with Gasteiger partial charge in [0, 0.05) is 6.08 Å². The van der Waals surface area contributed by atoms with Gasteiger partial charge in [-0.05, 0) is 6.42 Å². The summed E-state index contributed by atoms with van der Waals surface area (Å²) in [5, 5.41) is 10.0. The topological polar surface area (TPSA) is 99.1 Å². The lowest BCUT2D eigenvalue weighted by Gasteiger charge is -2.31.